The van der Waals surface area contributed by atoms with Crippen molar-refractivity contribution in [1.29, 1.82) is 0 Å². The molecule has 0 amide bonds. The van der Waals surface area contributed by atoms with Crippen molar-refractivity contribution in [2.75, 3.05) is 0 Å². The second kappa shape index (κ2) is 5.27. The monoisotopic (exact) mass is 262 g/mol. The highest BCUT2D eigenvalue weighted by Crippen LogP contribution is 2.28. The summed E-state index contributed by atoms with van der Waals surface area (Å²) in [5, 5.41) is 10.8. The molecule has 0 bridgehead atoms. The lowest BCUT2D eigenvalue weighted by molar-refractivity contribution is -0.137. The molecule has 1 N–H and O–H groups in total. The Hall–Kier alpha value is -1.75. The van der Waals surface area contributed by atoms with Crippen LogP contribution < -0.4 is 0 Å². The maximum Gasteiger partial charge on any atom is 0.304 e. The Balaban J connectivity index is 2.31. The van der Waals surface area contributed by atoms with Crippen molar-refractivity contribution >= 4 is 17.3 Å². The van der Waals surface area contributed by atoms with Crippen LogP contribution in [-0.4, -0.2) is 21.0 Å². The van der Waals surface area contributed by atoms with E-state index in [1.54, 1.807) is 17.5 Å². The molecule has 0 aliphatic carbocycles. The molecule has 1 atom stereocenters. The minimum atomic E-state index is -0.830. The van der Waals surface area contributed by atoms with Crippen molar-refractivity contribution in [2.24, 2.45) is 0 Å². The predicted octanol–water partition coefficient (Wildman–Crippen LogP) is 3.09. The van der Waals surface area contributed by atoms with Crippen LogP contribution in [0.5, 0.6) is 0 Å². The molecule has 0 aliphatic heterocycles. The topological polar surface area (TPSA) is 63.1 Å². The summed E-state index contributed by atoms with van der Waals surface area (Å²) >= 11 is 1.63. The second-order valence-corrected chi connectivity index (χ2v) is 5.15. The predicted molar refractivity (Wildman–Crippen MR) is 70.7 cm³/mol. The normalized spacial score (nSPS) is 12.3. The molecular weight excluding hydrogens is 248 g/mol. The second-order valence-electron chi connectivity index (χ2n) is 4.23. The van der Waals surface area contributed by atoms with Crippen LogP contribution in [0.1, 0.15) is 30.7 Å². The number of carboxylic acid groups (broad SMARTS) is 1. The highest BCUT2D eigenvalue weighted by molar-refractivity contribution is 7.13. The molecule has 0 aromatic carbocycles. The maximum atomic E-state index is 10.7. The number of hydrogen-bond acceptors (Lipinski definition) is 4. The lowest BCUT2D eigenvalue weighted by Crippen LogP contribution is -2.07. The van der Waals surface area contributed by atoms with Crippen LogP contribution in [0.2, 0.25) is 0 Å². The van der Waals surface area contributed by atoms with Gasteiger partial charge in [0.15, 0.2) is 0 Å². The van der Waals surface area contributed by atoms with Gasteiger partial charge in [0, 0.05) is 12.1 Å². The molecule has 5 heteroatoms. The summed E-state index contributed by atoms with van der Waals surface area (Å²) in [6.07, 6.45) is 1.74. The van der Waals surface area contributed by atoms with Crippen LogP contribution in [0.25, 0.3) is 10.6 Å². The Morgan fingerprint density at radius 3 is 2.89 bits per heavy atom. The molecule has 18 heavy (non-hydrogen) atoms. The lowest BCUT2D eigenvalue weighted by atomic mass is 10.1. The molecule has 0 spiro atoms. The highest BCUT2D eigenvalue weighted by Gasteiger charge is 2.14. The van der Waals surface area contributed by atoms with E-state index in [9.17, 15) is 4.79 Å². The summed E-state index contributed by atoms with van der Waals surface area (Å²) in [4.78, 5) is 20.4. The molecule has 1 unspecified atom stereocenters. The Morgan fingerprint density at radius 1 is 1.50 bits per heavy atom. The maximum absolute atomic E-state index is 10.7. The number of nitrogens with zero attached hydrogens (tertiary/aromatic N) is 2. The standard InChI is InChI=1S/C13H14N2O2S/c1-8-4-6-18-12(8)10-3-5-14-13(15-10)9(2)7-11(16)17/h3-6,9H,7H2,1-2H3,(H,16,17). The zero-order valence-electron chi connectivity index (χ0n) is 10.3. The fourth-order valence-corrected chi connectivity index (χ4v) is 2.62. The number of carboxylic acids is 1. The zero-order valence-corrected chi connectivity index (χ0v) is 11.1. The quantitative estimate of drug-likeness (QED) is 0.919. The Bertz CT molecular complexity index is 566. The molecule has 0 radical (unpaired) electrons. The van der Waals surface area contributed by atoms with Gasteiger partial charge in [0.05, 0.1) is 17.0 Å². The molecule has 4 nitrogen and oxygen atoms in total. The molecule has 94 valence electrons. The van der Waals surface area contributed by atoms with E-state index < -0.39 is 5.97 Å². The average molecular weight is 262 g/mol. The molecule has 2 aromatic heterocycles. The fraction of sp³-hybridized carbons (Fsp3) is 0.308. The van der Waals surface area contributed by atoms with Crippen LogP contribution >= 0.6 is 11.3 Å². The number of rotatable bonds is 4. The molecule has 2 rings (SSSR count). The SMILES string of the molecule is Cc1ccsc1-c1ccnc(C(C)CC(=O)O)n1. The molecule has 2 heterocycles. The first-order valence-corrected chi connectivity index (χ1v) is 6.55. The zero-order chi connectivity index (χ0) is 13.1. The third kappa shape index (κ3) is 2.73. The number of thiophene rings is 1. The average Bonchev–Trinajstić information content (AvgIpc) is 2.75. The van der Waals surface area contributed by atoms with E-state index in [4.69, 9.17) is 5.11 Å². The van der Waals surface area contributed by atoms with E-state index in [1.165, 1.54) is 5.56 Å². The van der Waals surface area contributed by atoms with Gasteiger partial charge in [-0.1, -0.05) is 6.92 Å². The van der Waals surface area contributed by atoms with Gasteiger partial charge in [0.25, 0.3) is 0 Å². The lowest BCUT2D eigenvalue weighted by Gasteiger charge is -2.08. The summed E-state index contributed by atoms with van der Waals surface area (Å²) < 4.78 is 0. The van der Waals surface area contributed by atoms with Gasteiger partial charge in [0.2, 0.25) is 0 Å². The number of aliphatic carboxylic acids is 1. The Morgan fingerprint density at radius 2 is 2.28 bits per heavy atom. The van der Waals surface area contributed by atoms with Crippen LogP contribution in [-0.2, 0) is 4.79 Å². The van der Waals surface area contributed by atoms with E-state index in [0.717, 1.165) is 10.6 Å². The Labute approximate surface area is 109 Å². The summed E-state index contributed by atoms with van der Waals surface area (Å²) in [5.41, 5.74) is 2.04. The molecular formula is C13H14N2O2S. The van der Waals surface area contributed by atoms with E-state index in [2.05, 4.69) is 9.97 Å². The van der Waals surface area contributed by atoms with Gasteiger partial charge in [-0.2, -0.15) is 0 Å². The van der Waals surface area contributed by atoms with E-state index >= 15 is 0 Å². The molecule has 0 saturated heterocycles. The van der Waals surface area contributed by atoms with Crippen molar-refractivity contribution in [3.8, 4) is 10.6 Å². The minimum Gasteiger partial charge on any atom is -0.481 e. The van der Waals surface area contributed by atoms with Gasteiger partial charge in [-0.25, -0.2) is 9.97 Å². The van der Waals surface area contributed by atoms with E-state index in [1.807, 2.05) is 31.4 Å². The third-order valence-corrected chi connectivity index (χ3v) is 3.73. The van der Waals surface area contributed by atoms with Crippen LogP contribution in [0.4, 0.5) is 0 Å². The fourth-order valence-electron chi connectivity index (χ4n) is 1.73. The number of aryl methyl sites for hydroxylation is 1. The van der Waals surface area contributed by atoms with Gasteiger partial charge in [-0.05, 0) is 30.0 Å². The van der Waals surface area contributed by atoms with Gasteiger partial charge in [0.1, 0.15) is 5.82 Å². The van der Waals surface area contributed by atoms with Gasteiger partial charge >= 0.3 is 5.97 Å². The minimum absolute atomic E-state index is 0.0485. The number of aromatic nitrogens is 2. The van der Waals surface area contributed by atoms with Gasteiger partial charge in [-0.3, -0.25) is 4.79 Å². The largest absolute Gasteiger partial charge is 0.481 e. The van der Waals surface area contributed by atoms with Crippen molar-refractivity contribution in [3.05, 3.63) is 35.1 Å². The van der Waals surface area contributed by atoms with Crippen molar-refractivity contribution in [3.63, 3.8) is 0 Å². The van der Waals surface area contributed by atoms with Gasteiger partial charge in [-0.15, -0.1) is 11.3 Å². The van der Waals surface area contributed by atoms with E-state index in [-0.39, 0.29) is 12.3 Å². The van der Waals surface area contributed by atoms with E-state index in [0.29, 0.717) is 5.82 Å². The number of hydrogen-bond donors (Lipinski definition) is 1. The first-order chi connectivity index (χ1) is 8.58. The van der Waals surface area contributed by atoms with Crippen molar-refractivity contribution in [2.45, 2.75) is 26.2 Å². The Kier molecular flexibility index (Phi) is 3.72. The van der Waals surface area contributed by atoms with Crippen LogP contribution in [0.3, 0.4) is 0 Å². The van der Waals surface area contributed by atoms with Crippen molar-refractivity contribution < 1.29 is 9.90 Å². The highest BCUT2D eigenvalue weighted by atomic mass is 32.1. The third-order valence-electron chi connectivity index (χ3n) is 2.69. The summed E-state index contributed by atoms with van der Waals surface area (Å²) in [6, 6.07) is 3.90. The number of carbonyl (C=O) groups is 1. The molecule has 2 aromatic rings. The summed E-state index contributed by atoms with van der Waals surface area (Å²) in [6.45, 7) is 3.86. The summed E-state index contributed by atoms with van der Waals surface area (Å²) in [5.74, 6) is -0.422. The molecule has 0 aliphatic rings. The van der Waals surface area contributed by atoms with Crippen LogP contribution in [0.15, 0.2) is 23.7 Å². The van der Waals surface area contributed by atoms with Crippen LogP contribution in [0, 0.1) is 6.92 Å². The summed E-state index contributed by atoms with van der Waals surface area (Å²) in [7, 11) is 0. The van der Waals surface area contributed by atoms with Crippen molar-refractivity contribution in [1.82, 2.24) is 9.97 Å². The molecule has 0 fully saturated rings. The molecule has 0 saturated carbocycles. The van der Waals surface area contributed by atoms with Gasteiger partial charge < -0.3 is 5.11 Å². The smallest absolute Gasteiger partial charge is 0.304 e. The first kappa shape index (κ1) is 12.7. The first-order valence-electron chi connectivity index (χ1n) is 5.67.